The number of aliphatic hydroxyl groups is 1. The van der Waals surface area contributed by atoms with Crippen LogP contribution in [0, 0.1) is 0 Å². The van der Waals surface area contributed by atoms with Crippen molar-refractivity contribution in [1.82, 2.24) is 5.32 Å². The molecular formula is C13H19NO. The van der Waals surface area contributed by atoms with Crippen LogP contribution in [0.1, 0.15) is 44.2 Å². The van der Waals surface area contributed by atoms with Gasteiger partial charge in [-0.15, -0.1) is 0 Å². The average molecular weight is 205 g/mol. The molecule has 2 heteroatoms. The van der Waals surface area contributed by atoms with Crippen LogP contribution in [-0.4, -0.2) is 10.8 Å². The Morgan fingerprint density at radius 1 is 1.20 bits per heavy atom. The lowest BCUT2D eigenvalue weighted by Crippen LogP contribution is -2.43. The van der Waals surface area contributed by atoms with Gasteiger partial charge in [0.1, 0.15) is 5.72 Å². The molecule has 1 aromatic rings. The zero-order valence-electron chi connectivity index (χ0n) is 9.24. The van der Waals surface area contributed by atoms with E-state index in [9.17, 15) is 5.11 Å². The van der Waals surface area contributed by atoms with E-state index in [0.29, 0.717) is 0 Å². The first-order valence-corrected chi connectivity index (χ1v) is 5.75. The Morgan fingerprint density at radius 3 is 2.40 bits per heavy atom. The molecule has 1 fully saturated rings. The fourth-order valence-electron chi connectivity index (χ4n) is 2.33. The maximum absolute atomic E-state index is 10.2. The van der Waals surface area contributed by atoms with Gasteiger partial charge < -0.3 is 5.11 Å². The van der Waals surface area contributed by atoms with Gasteiger partial charge in [-0.1, -0.05) is 30.3 Å². The molecule has 1 saturated carbocycles. The first kappa shape index (κ1) is 10.7. The minimum absolute atomic E-state index is 0.217. The van der Waals surface area contributed by atoms with E-state index >= 15 is 0 Å². The molecule has 0 bridgehead atoms. The van der Waals surface area contributed by atoms with E-state index in [-0.39, 0.29) is 6.04 Å². The van der Waals surface area contributed by atoms with Gasteiger partial charge >= 0.3 is 0 Å². The second-order valence-corrected chi connectivity index (χ2v) is 4.52. The van der Waals surface area contributed by atoms with Gasteiger partial charge in [0.05, 0.1) is 0 Å². The predicted molar refractivity (Wildman–Crippen MR) is 61.4 cm³/mol. The molecule has 2 rings (SSSR count). The Morgan fingerprint density at radius 2 is 1.80 bits per heavy atom. The van der Waals surface area contributed by atoms with Crippen LogP contribution in [0.5, 0.6) is 0 Å². The summed E-state index contributed by atoms with van der Waals surface area (Å²) in [5.41, 5.74) is 0.604. The largest absolute Gasteiger partial charge is 0.376 e. The lowest BCUT2D eigenvalue weighted by Gasteiger charge is -2.28. The molecule has 2 N–H and O–H groups in total. The van der Waals surface area contributed by atoms with Crippen LogP contribution in [-0.2, 0) is 0 Å². The van der Waals surface area contributed by atoms with E-state index in [1.807, 2.05) is 18.2 Å². The first-order chi connectivity index (χ1) is 7.20. The summed E-state index contributed by atoms with van der Waals surface area (Å²) in [5.74, 6) is 0. The molecule has 1 aromatic carbocycles. The topological polar surface area (TPSA) is 32.3 Å². The third-order valence-electron chi connectivity index (χ3n) is 3.22. The highest BCUT2D eigenvalue weighted by Gasteiger charge is 2.32. The van der Waals surface area contributed by atoms with Crippen LogP contribution in [0.2, 0.25) is 0 Å². The van der Waals surface area contributed by atoms with E-state index in [0.717, 1.165) is 25.7 Å². The summed E-state index contributed by atoms with van der Waals surface area (Å²) in [6.45, 7) is 2.10. The Kier molecular flexibility index (Phi) is 3.08. The average Bonchev–Trinajstić information content (AvgIpc) is 2.66. The number of hydrogen-bond acceptors (Lipinski definition) is 2. The van der Waals surface area contributed by atoms with Crippen LogP contribution in [0.25, 0.3) is 0 Å². The highest BCUT2D eigenvalue weighted by atomic mass is 16.3. The molecule has 15 heavy (non-hydrogen) atoms. The summed E-state index contributed by atoms with van der Waals surface area (Å²) < 4.78 is 0. The van der Waals surface area contributed by atoms with Crippen LogP contribution in [0.15, 0.2) is 30.3 Å². The Hall–Kier alpha value is -0.860. The summed E-state index contributed by atoms with van der Waals surface area (Å²) in [6.07, 6.45) is 4.02. The minimum atomic E-state index is -0.630. The molecule has 0 spiro atoms. The van der Waals surface area contributed by atoms with Crippen molar-refractivity contribution in [3.05, 3.63) is 35.9 Å². The molecule has 0 heterocycles. The molecule has 0 aliphatic heterocycles. The molecule has 0 aromatic heterocycles. The van der Waals surface area contributed by atoms with Crippen LogP contribution in [0.4, 0.5) is 0 Å². The van der Waals surface area contributed by atoms with Crippen molar-refractivity contribution in [2.45, 2.75) is 44.4 Å². The van der Waals surface area contributed by atoms with Crippen LogP contribution in [0.3, 0.4) is 0 Å². The van der Waals surface area contributed by atoms with Crippen molar-refractivity contribution in [3.63, 3.8) is 0 Å². The quantitative estimate of drug-likeness (QED) is 0.743. The second kappa shape index (κ2) is 4.33. The normalized spacial score (nSPS) is 21.5. The molecule has 0 saturated heterocycles. The molecule has 82 valence electrons. The van der Waals surface area contributed by atoms with Crippen LogP contribution >= 0.6 is 0 Å². The number of hydrogen-bond donors (Lipinski definition) is 2. The molecule has 1 atom stereocenters. The van der Waals surface area contributed by atoms with Crippen molar-refractivity contribution in [2.75, 3.05) is 0 Å². The van der Waals surface area contributed by atoms with E-state index in [4.69, 9.17) is 0 Å². The molecule has 1 aliphatic carbocycles. The van der Waals surface area contributed by atoms with Crippen molar-refractivity contribution < 1.29 is 5.11 Å². The van der Waals surface area contributed by atoms with Gasteiger partial charge in [0.2, 0.25) is 0 Å². The second-order valence-electron chi connectivity index (χ2n) is 4.52. The Bertz CT molecular complexity index is 304. The summed E-state index contributed by atoms with van der Waals surface area (Å²) in [7, 11) is 0. The molecule has 0 unspecified atom stereocenters. The third kappa shape index (κ3) is 2.58. The summed E-state index contributed by atoms with van der Waals surface area (Å²) in [6, 6.07) is 10.5. The fourth-order valence-corrected chi connectivity index (χ4v) is 2.33. The number of rotatable bonds is 3. The van der Waals surface area contributed by atoms with Gasteiger partial charge in [-0.05, 0) is 38.2 Å². The standard InChI is InChI=1S/C13H19NO/c1-11(12-7-3-2-4-8-12)14-13(15)9-5-6-10-13/h2-4,7-8,11,14-15H,5-6,9-10H2,1H3/t11-/m0/s1. The van der Waals surface area contributed by atoms with Gasteiger partial charge in [0, 0.05) is 6.04 Å². The van der Waals surface area contributed by atoms with Gasteiger partial charge in [0.15, 0.2) is 0 Å². The zero-order chi connectivity index (χ0) is 10.7. The van der Waals surface area contributed by atoms with Gasteiger partial charge in [0.25, 0.3) is 0 Å². The Balaban J connectivity index is 2.00. The van der Waals surface area contributed by atoms with E-state index in [1.165, 1.54) is 5.56 Å². The monoisotopic (exact) mass is 205 g/mol. The van der Waals surface area contributed by atoms with E-state index in [2.05, 4.69) is 24.4 Å². The maximum Gasteiger partial charge on any atom is 0.116 e. The van der Waals surface area contributed by atoms with Crippen LogP contribution < -0.4 is 5.32 Å². The highest BCUT2D eigenvalue weighted by Crippen LogP contribution is 2.29. The van der Waals surface area contributed by atoms with Crippen molar-refractivity contribution in [1.29, 1.82) is 0 Å². The van der Waals surface area contributed by atoms with Gasteiger partial charge in [-0.2, -0.15) is 0 Å². The SMILES string of the molecule is C[C@H](NC1(O)CCCC1)c1ccccc1. The predicted octanol–water partition coefficient (Wildman–Crippen LogP) is 2.60. The molecule has 1 aliphatic rings. The van der Waals surface area contributed by atoms with Gasteiger partial charge in [-0.3, -0.25) is 5.32 Å². The lowest BCUT2D eigenvalue weighted by atomic mass is 10.1. The summed E-state index contributed by atoms with van der Waals surface area (Å²) in [4.78, 5) is 0. The van der Waals surface area contributed by atoms with Crippen molar-refractivity contribution >= 4 is 0 Å². The van der Waals surface area contributed by atoms with E-state index in [1.54, 1.807) is 0 Å². The lowest BCUT2D eigenvalue weighted by molar-refractivity contribution is 0.00236. The Labute approximate surface area is 91.3 Å². The molecule has 0 radical (unpaired) electrons. The molecule has 2 nitrogen and oxygen atoms in total. The first-order valence-electron chi connectivity index (χ1n) is 5.75. The third-order valence-corrected chi connectivity index (χ3v) is 3.22. The highest BCUT2D eigenvalue weighted by molar-refractivity contribution is 5.18. The smallest absolute Gasteiger partial charge is 0.116 e. The van der Waals surface area contributed by atoms with Crippen molar-refractivity contribution in [2.24, 2.45) is 0 Å². The fraction of sp³-hybridized carbons (Fsp3) is 0.538. The zero-order valence-corrected chi connectivity index (χ0v) is 9.24. The molecular weight excluding hydrogens is 186 g/mol. The number of nitrogens with one attached hydrogen (secondary N) is 1. The summed E-state index contributed by atoms with van der Waals surface area (Å²) >= 11 is 0. The van der Waals surface area contributed by atoms with E-state index < -0.39 is 5.72 Å². The number of benzene rings is 1. The molecule has 0 amide bonds. The van der Waals surface area contributed by atoms with Crippen molar-refractivity contribution in [3.8, 4) is 0 Å². The van der Waals surface area contributed by atoms with Gasteiger partial charge in [-0.25, -0.2) is 0 Å². The maximum atomic E-state index is 10.2. The summed E-state index contributed by atoms with van der Waals surface area (Å²) in [5, 5.41) is 13.5. The minimum Gasteiger partial charge on any atom is -0.376 e.